The van der Waals surface area contributed by atoms with E-state index in [1.165, 1.54) is 26.4 Å². The van der Waals surface area contributed by atoms with Crippen LogP contribution in [0.3, 0.4) is 0 Å². The van der Waals surface area contributed by atoms with Crippen LogP contribution in [-0.2, 0) is 6.54 Å². The van der Waals surface area contributed by atoms with Crippen molar-refractivity contribution in [1.82, 2.24) is 19.9 Å². The molecular weight excluding hydrogens is 413 g/mol. The normalized spacial score (nSPS) is 26.6. The summed E-state index contributed by atoms with van der Waals surface area (Å²) in [6, 6.07) is 2.34. The van der Waals surface area contributed by atoms with Gasteiger partial charge >= 0.3 is 0 Å². The number of nitrogens with one attached hydrogen (secondary N) is 2. The Morgan fingerprint density at radius 1 is 1.31 bits per heavy atom. The first-order chi connectivity index (χ1) is 15.1. The fourth-order valence-electron chi connectivity index (χ4n) is 4.81. The van der Waals surface area contributed by atoms with E-state index in [9.17, 15) is 14.8 Å². The maximum Gasteiger partial charge on any atom is 0.224 e. The molecule has 0 bridgehead atoms. The topological polar surface area (TPSA) is 129 Å². The lowest BCUT2D eigenvalue weighted by molar-refractivity contribution is -0.154. The van der Waals surface area contributed by atoms with Crippen LogP contribution in [0.2, 0.25) is 0 Å². The Kier molecular flexibility index (Phi) is 5.63. The van der Waals surface area contributed by atoms with Gasteiger partial charge in [-0.25, -0.2) is 19.3 Å². The first-order valence-corrected chi connectivity index (χ1v) is 10.7. The molecule has 0 atom stereocenters. The number of nitrogens with zero attached hydrogens (tertiary/aromatic N) is 5. The number of anilines is 2. The second-order valence-corrected chi connectivity index (χ2v) is 9.88. The smallest absolute Gasteiger partial charge is 0.224 e. The molecular formula is C22H28FN7O2. The summed E-state index contributed by atoms with van der Waals surface area (Å²) in [6.07, 6.45) is 7.96. The van der Waals surface area contributed by atoms with Gasteiger partial charge in [-0.05, 0) is 51.9 Å². The maximum absolute atomic E-state index is 13.8. The highest BCUT2D eigenvalue weighted by Crippen LogP contribution is 2.60. The zero-order chi connectivity index (χ0) is 23.0. The second-order valence-electron chi connectivity index (χ2n) is 9.88. The SMILES string of the molecule is CC(C)(F)COc1ncncc1CNc1ncc(C#N)c(N[C@H]2CC3(C2)C[C@](C)(O)C3)n1. The molecule has 2 aliphatic rings. The summed E-state index contributed by atoms with van der Waals surface area (Å²) in [5, 5.41) is 25.9. The van der Waals surface area contributed by atoms with Gasteiger partial charge in [0, 0.05) is 18.8 Å². The van der Waals surface area contributed by atoms with Gasteiger partial charge in [-0.15, -0.1) is 0 Å². The Balaban J connectivity index is 1.38. The van der Waals surface area contributed by atoms with E-state index in [0.717, 1.165) is 25.7 Å². The van der Waals surface area contributed by atoms with Gasteiger partial charge < -0.3 is 20.5 Å². The summed E-state index contributed by atoms with van der Waals surface area (Å²) >= 11 is 0. The second kappa shape index (κ2) is 8.13. The molecule has 0 aromatic carbocycles. The standard InChI is InChI=1S/C22H28FN7O2/c1-20(2,23)12-32-18-15(7-25-13-28-18)9-27-19-26-8-14(6-24)17(30-19)29-16-4-22(5-16)10-21(3,31)11-22/h7-8,13,16,31H,4-5,9-12H2,1-3H3,(H2,26,27,29,30)/t16-,21-,22?. The van der Waals surface area contributed by atoms with Gasteiger partial charge in [0.25, 0.3) is 0 Å². The number of aromatic nitrogens is 4. The molecule has 9 nitrogen and oxygen atoms in total. The van der Waals surface area contributed by atoms with Crippen molar-refractivity contribution >= 4 is 11.8 Å². The van der Waals surface area contributed by atoms with Crippen LogP contribution in [0.25, 0.3) is 0 Å². The molecule has 2 heterocycles. The molecule has 170 valence electrons. The van der Waals surface area contributed by atoms with E-state index >= 15 is 0 Å². The molecule has 2 aromatic rings. The predicted molar refractivity (Wildman–Crippen MR) is 116 cm³/mol. The monoisotopic (exact) mass is 441 g/mol. The molecule has 0 radical (unpaired) electrons. The van der Waals surface area contributed by atoms with Gasteiger partial charge in [0.15, 0.2) is 0 Å². The molecule has 2 aromatic heterocycles. The molecule has 2 saturated carbocycles. The first kappa shape index (κ1) is 22.1. The number of rotatable bonds is 8. The third kappa shape index (κ3) is 5.05. The van der Waals surface area contributed by atoms with Gasteiger partial charge in [-0.2, -0.15) is 10.2 Å². The zero-order valence-electron chi connectivity index (χ0n) is 18.5. The largest absolute Gasteiger partial charge is 0.474 e. The van der Waals surface area contributed by atoms with Gasteiger partial charge in [-0.1, -0.05) is 0 Å². The number of nitriles is 1. The molecule has 0 unspecified atom stereocenters. The summed E-state index contributed by atoms with van der Waals surface area (Å²) < 4.78 is 19.3. The van der Waals surface area contributed by atoms with Crippen LogP contribution in [0, 0.1) is 16.7 Å². The predicted octanol–water partition coefficient (Wildman–Crippen LogP) is 2.98. The van der Waals surface area contributed by atoms with E-state index < -0.39 is 11.3 Å². The minimum Gasteiger partial charge on any atom is -0.474 e. The minimum absolute atomic E-state index is 0.128. The van der Waals surface area contributed by atoms with Gasteiger partial charge in [0.05, 0.1) is 17.4 Å². The van der Waals surface area contributed by atoms with Gasteiger partial charge in [0.1, 0.15) is 36.1 Å². The first-order valence-electron chi connectivity index (χ1n) is 10.7. The molecule has 10 heteroatoms. The van der Waals surface area contributed by atoms with E-state index in [2.05, 4.69) is 36.6 Å². The van der Waals surface area contributed by atoms with E-state index in [1.54, 1.807) is 6.20 Å². The summed E-state index contributed by atoms with van der Waals surface area (Å²) in [4.78, 5) is 16.8. The lowest BCUT2D eigenvalue weighted by Crippen LogP contribution is -2.59. The molecule has 0 saturated heterocycles. The molecule has 32 heavy (non-hydrogen) atoms. The highest BCUT2D eigenvalue weighted by molar-refractivity contribution is 5.54. The van der Waals surface area contributed by atoms with Crippen molar-refractivity contribution in [3.05, 3.63) is 29.8 Å². The maximum atomic E-state index is 13.8. The lowest BCUT2D eigenvalue weighted by atomic mass is 9.48. The molecule has 3 N–H and O–H groups in total. The minimum atomic E-state index is -1.48. The Labute approximate surface area is 186 Å². The van der Waals surface area contributed by atoms with Gasteiger partial charge in [0.2, 0.25) is 11.8 Å². The Morgan fingerprint density at radius 3 is 2.72 bits per heavy atom. The number of hydrogen-bond acceptors (Lipinski definition) is 9. The molecule has 0 aliphatic heterocycles. The Hall–Kier alpha value is -3.06. The molecule has 2 aliphatic carbocycles. The van der Waals surface area contributed by atoms with E-state index in [0.29, 0.717) is 28.8 Å². The van der Waals surface area contributed by atoms with Crippen molar-refractivity contribution in [2.75, 3.05) is 17.2 Å². The van der Waals surface area contributed by atoms with Crippen LogP contribution in [0.4, 0.5) is 16.2 Å². The van der Waals surface area contributed by atoms with E-state index in [4.69, 9.17) is 4.74 Å². The van der Waals surface area contributed by atoms with Crippen LogP contribution >= 0.6 is 0 Å². The molecule has 0 amide bonds. The van der Waals surface area contributed by atoms with Crippen LogP contribution < -0.4 is 15.4 Å². The van der Waals surface area contributed by atoms with Crippen molar-refractivity contribution < 1.29 is 14.2 Å². The lowest BCUT2D eigenvalue weighted by Gasteiger charge is -2.60. The molecule has 4 rings (SSSR count). The number of halogens is 1. The van der Waals surface area contributed by atoms with Crippen molar-refractivity contribution in [2.45, 2.75) is 70.3 Å². The van der Waals surface area contributed by atoms with Crippen LogP contribution in [0.15, 0.2) is 18.7 Å². The highest BCUT2D eigenvalue weighted by atomic mass is 19.1. The average Bonchev–Trinajstić information content (AvgIpc) is 2.68. The van der Waals surface area contributed by atoms with Crippen LogP contribution in [-0.4, -0.2) is 49.0 Å². The summed E-state index contributed by atoms with van der Waals surface area (Å²) in [6.45, 7) is 4.89. The van der Waals surface area contributed by atoms with E-state index in [1.807, 2.05) is 6.92 Å². The zero-order valence-corrected chi connectivity index (χ0v) is 18.5. The van der Waals surface area contributed by atoms with Crippen molar-refractivity contribution in [3.8, 4) is 11.9 Å². The van der Waals surface area contributed by atoms with Crippen molar-refractivity contribution in [1.29, 1.82) is 5.26 Å². The van der Waals surface area contributed by atoms with Crippen LogP contribution in [0.5, 0.6) is 5.88 Å². The average molecular weight is 442 g/mol. The van der Waals surface area contributed by atoms with Crippen molar-refractivity contribution in [3.63, 3.8) is 0 Å². The number of ether oxygens (including phenoxy) is 1. The summed E-state index contributed by atoms with van der Waals surface area (Å²) in [5.74, 6) is 1.12. The number of alkyl halides is 1. The Bertz CT molecular complexity index is 1020. The fourth-order valence-corrected chi connectivity index (χ4v) is 4.81. The fraction of sp³-hybridized carbons (Fsp3) is 0.591. The third-order valence-electron chi connectivity index (χ3n) is 5.86. The molecule has 1 spiro atoms. The number of aliphatic hydroxyl groups is 1. The van der Waals surface area contributed by atoms with E-state index in [-0.39, 0.29) is 24.6 Å². The summed E-state index contributed by atoms with van der Waals surface area (Å²) in [7, 11) is 0. The Morgan fingerprint density at radius 2 is 2.06 bits per heavy atom. The highest BCUT2D eigenvalue weighted by Gasteiger charge is 2.57. The quantitative estimate of drug-likeness (QED) is 0.566. The number of hydrogen-bond donors (Lipinski definition) is 3. The summed E-state index contributed by atoms with van der Waals surface area (Å²) in [5.41, 5.74) is -0.799. The van der Waals surface area contributed by atoms with Gasteiger partial charge in [-0.3, -0.25) is 0 Å². The van der Waals surface area contributed by atoms with Crippen molar-refractivity contribution in [2.24, 2.45) is 5.41 Å². The van der Waals surface area contributed by atoms with Crippen LogP contribution in [0.1, 0.15) is 57.6 Å². The molecule has 2 fully saturated rings. The third-order valence-corrected chi connectivity index (χ3v) is 5.86.